The van der Waals surface area contributed by atoms with Crippen molar-refractivity contribution < 1.29 is 4.74 Å². The van der Waals surface area contributed by atoms with E-state index >= 15 is 0 Å². The highest BCUT2D eigenvalue weighted by atomic mass is 16.5. The summed E-state index contributed by atoms with van der Waals surface area (Å²) in [5.74, 6) is 0.965. The molecule has 0 saturated heterocycles. The van der Waals surface area contributed by atoms with Gasteiger partial charge in [0.1, 0.15) is 11.9 Å². The largest absolute Gasteiger partial charge is 0.488 e. The van der Waals surface area contributed by atoms with Crippen LogP contribution in [0.2, 0.25) is 0 Å². The molecule has 16 heavy (non-hydrogen) atoms. The van der Waals surface area contributed by atoms with Crippen LogP contribution in [0.4, 0.5) is 0 Å². The van der Waals surface area contributed by atoms with E-state index in [2.05, 4.69) is 45.9 Å². The summed E-state index contributed by atoms with van der Waals surface area (Å²) in [4.78, 5) is 0. The first kappa shape index (κ1) is 11.5. The van der Waals surface area contributed by atoms with E-state index in [-0.39, 0.29) is 17.6 Å². The molecule has 2 unspecified atom stereocenters. The molecular formula is C14H21NO. The van der Waals surface area contributed by atoms with Crippen LogP contribution >= 0.6 is 0 Å². The topological polar surface area (TPSA) is 35.2 Å². The van der Waals surface area contributed by atoms with Gasteiger partial charge in [-0.2, -0.15) is 0 Å². The predicted molar refractivity (Wildman–Crippen MR) is 66.8 cm³/mol. The summed E-state index contributed by atoms with van der Waals surface area (Å²) in [6.45, 7) is 8.76. The Balaban J connectivity index is 2.39. The molecule has 1 aromatic rings. The smallest absolute Gasteiger partial charge is 0.124 e. The molecule has 0 radical (unpaired) electrons. The maximum atomic E-state index is 6.19. The zero-order valence-electron chi connectivity index (χ0n) is 10.6. The standard InChI is InChI=1S/C14H21NO/c1-5-11-13(15)10-8-9(14(2,3)4)6-7-12(10)16-11/h6-8,11,13H,5,15H2,1-4H3. The highest BCUT2D eigenvalue weighted by Crippen LogP contribution is 2.38. The number of hydrogen-bond acceptors (Lipinski definition) is 2. The first-order valence-electron chi connectivity index (χ1n) is 6.00. The van der Waals surface area contributed by atoms with Crippen LogP contribution in [-0.4, -0.2) is 6.10 Å². The van der Waals surface area contributed by atoms with Gasteiger partial charge in [0.25, 0.3) is 0 Å². The van der Waals surface area contributed by atoms with Crippen molar-refractivity contribution in [3.05, 3.63) is 29.3 Å². The summed E-state index contributed by atoms with van der Waals surface area (Å²) >= 11 is 0. The molecule has 2 nitrogen and oxygen atoms in total. The second-order valence-electron chi connectivity index (χ2n) is 5.59. The fourth-order valence-electron chi connectivity index (χ4n) is 2.16. The van der Waals surface area contributed by atoms with Crippen molar-refractivity contribution in [1.82, 2.24) is 0 Å². The van der Waals surface area contributed by atoms with Crippen LogP contribution in [0.5, 0.6) is 5.75 Å². The molecule has 88 valence electrons. The SMILES string of the molecule is CCC1Oc2ccc(C(C)(C)C)cc2C1N. The van der Waals surface area contributed by atoms with Crippen LogP contribution in [0.1, 0.15) is 51.3 Å². The number of ether oxygens (including phenoxy) is 1. The van der Waals surface area contributed by atoms with E-state index in [1.165, 1.54) is 11.1 Å². The summed E-state index contributed by atoms with van der Waals surface area (Å²) in [6, 6.07) is 6.44. The Morgan fingerprint density at radius 2 is 2.00 bits per heavy atom. The van der Waals surface area contributed by atoms with E-state index in [4.69, 9.17) is 10.5 Å². The molecule has 2 N–H and O–H groups in total. The van der Waals surface area contributed by atoms with Crippen molar-refractivity contribution in [3.63, 3.8) is 0 Å². The Bertz CT molecular complexity index is 392. The van der Waals surface area contributed by atoms with Crippen molar-refractivity contribution >= 4 is 0 Å². The van der Waals surface area contributed by atoms with E-state index in [9.17, 15) is 0 Å². The Morgan fingerprint density at radius 1 is 1.31 bits per heavy atom. The van der Waals surface area contributed by atoms with Crippen molar-refractivity contribution in [3.8, 4) is 5.75 Å². The minimum absolute atomic E-state index is 0.0299. The maximum absolute atomic E-state index is 6.19. The van der Waals surface area contributed by atoms with Crippen LogP contribution < -0.4 is 10.5 Å². The third-order valence-corrected chi connectivity index (χ3v) is 3.32. The Morgan fingerprint density at radius 3 is 2.56 bits per heavy atom. The third-order valence-electron chi connectivity index (χ3n) is 3.32. The fraction of sp³-hybridized carbons (Fsp3) is 0.571. The number of fused-ring (bicyclic) bond motifs is 1. The average Bonchev–Trinajstić information content (AvgIpc) is 2.54. The molecule has 0 fully saturated rings. The molecule has 1 aromatic carbocycles. The molecular weight excluding hydrogens is 198 g/mol. The normalized spacial score (nSPS) is 24.1. The lowest BCUT2D eigenvalue weighted by molar-refractivity contribution is 0.202. The minimum atomic E-state index is 0.0299. The molecule has 0 aromatic heterocycles. The van der Waals surface area contributed by atoms with Gasteiger partial charge in [-0.3, -0.25) is 0 Å². The van der Waals surface area contributed by atoms with Crippen molar-refractivity contribution in [1.29, 1.82) is 0 Å². The first-order valence-corrected chi connectivity index (χ1v) is 6.00. The molecule has 0 bridgehead atoms. The molecule has 1 aliphatic heterocycles. The maximum Gasteiger partial charge on any atom is 0.124 e. The van der Waals surface area contributed by atoms with Crippen LogP contribution in [0, 0.1) is 0 Å². The molecule has 2 rings (SSSR count). The summed E-state index contributed by atoms with van der Waals surface area (Å²) in [6.07, 6.45) is 1.10. The van der Waals surface area contributed by atoms with Crippen LogP contribution in [-0.2, 0) is 5.41 Å². The molecule has 0 spiro atoms. The van der Waals surface area contributed by atoms with Gasteiger partial charge in [-0.15, -0.1) is 0 Å². The van der Waals surface area contributed by atoms with Gasteiger partial charge in [-0.05, 0) is 29.5 Å². The number of hydrogen-bond donors (Lipinski definition) is 1. The lowest BCUT2D eigenvalue weighted by atomic mass is 9.85. The molecule has 0 saturated carbocycles. The summed E-state index contributed by atoms with van der Waals surface area (Å²) in [7, 11) is 0. The average molecular weight is 219 g/mol. The van der Waals surface area contributed by atoms with E-state index in [1.807, 2.05) is 0 Å². The van der Waals surface area contributed by atoms with Crippen LogP contribution in [0.3, 0.4) is 0 Å². The summed E-state index contributed by atoms with van der Waals surface area (Å²) in [5, 5.41) is 0. The molecule has 1 heterocycles. The molecule has 0 aliphatic carbocycles. The highest BCUT2D eigenvalue weighted by Gasteiger charge is 2.31. The van der Waals surface area contributed by atoms with Gasteiger partial charge >= 0.3 is 0 Å². The molecule has 1 aliphatic rings. The van der Waals surface area contributed by atoms with E-state index < -0.39 is 0 Å². The molecule has 0 amide bonds. The Hall–Kier alpha value is -1.02. The Labute approximate surface area is 97.8 Å². The van der Waals surface area contributed by atoms with Gasteiger partial charge in [-0.1, -0.05) is 33.8 Å². The highest BCUT2D eigenvalue weighted by molar-refractivity contribution is 5.44. The quantitative estimate of drug-likeness (QED) is 0.787. The fourth-order valence-corrected chi connectivity index (χ4v) is 2.16. The second kappa shape index (κ2) is 3.77. The van der Waals surface area contributed by atoms with E-state index in [0.717, 1.165) is 12.2 Å². The third kappa shape index (κ3) is 1.82. The summed E-state index contributed by atoms with van der Waals surface area (Å²) < 4.78 is 5.81. The van der Waals surface area contributed by atoms with E-state index in [1.54, 1.807) is 0 Å². The van der Waals surface area contributed by atoms with Gasteiger partial charge in [0, 0.05) is 5.56 Å². The van der Waals surface area contributed by atoms with Crippen LogP contribution in [0.15, 0.2) is 18.2 Å². The lowest BCUT2D eigenvalue weighted by Crippen LogP contribution is -2.24. The minimum Gasteiger partial charge on any atom is -0.488 e. The van der Waals surface area contributed by atoms with Crippen molar-refractivity contribution in [2.24, 2.45) is 5.73 Å². The number of nitrogens with two attached hydrogens (primary N) is 1. The number of benzene rings is 1. The Kier molecular flexibility index (Phi) is 2.70. The van der Waals surface area contributed by atoms with Gasteiger partial charge in [-0.25, -0.2) is 0 Å². The van der Waals surface area contributed by atoms with Crippen molar-refractivity contribution in [2.75, 3.05) is 0 Å². The summed E-state index contributed by atoms with van der Waals surface area (Å²) in [5.41, 5.74) is 8.84. The number of rotatable bonds is 1. The van der Waals surface area contributed by atoms with E-state index in [0.29, 0.717) is 0 Å². The van der Waals surface area contributed by atoms with Gasteiger partial charge < -0.3 is 10.5 Å². The van der Waals surface area contributed by atoms with Gasteiger partial charge in [0.05, 0.1) is 6.04 Å². The monoisotopic (exact) mass is 219 g/mol. The molecule has 2 heteroatoms. The van der Waals surface area contributed by atoms with Gasteiger partial charge in [0.2, 0.25) is 0 Å². The van der Waals surface area contributed by atoms with Gasteiger partial charge in [0.15, 0.2) is 0 Å². The van der Waals surface area contributed by atoms with Crippen molar-refractivity contribution in [2.45, 2.75) is 51.7 Å². The van der Waals surface area contributed by atoms with Crippen LogP contribution in [0.25, 0.3) is 0 Å². The first-order chi connectivity index (χ1) is 7.43. The predicted octanol–water partition coefficient (Wildman–Crippen LogP) is 3.15. The molecule has 2 atom stereocenters. The second-order valence-corrected chi connectivity index (χ2v) is 5.59. The lowest BCUT2D eigenvalue weighted by Gasteiger charge is -2.20. The zero-order chi connectivity index (χ0) is 11.9. The zero-order valence-corrected chi connectivity index (χ0v) is 10.6.